The van der Waals surface area contributed by atoms with Crippen LogP contribution in [0.4, 0.5) is 5.82 Å². The van der Waals surface area contributed by atoms with E-state index in [0.717, 1.165) is 22.1 Å². The highest BCUT2D eigenvalue weighted by Crippen LogP contribution is 2.25. The number of pyridine rings is 1. The smallest absolute Gasteiger partial charge is 0.256 e. The Bertz CT molecular complexity index is 1100. The summed E-state index contributed by atoms with van der Waals surface area (Å²) in [6, 6.07) is 14.8. The summed E-state index contributed by atoms with van der Waals surface area (Å²) in [5.41, 5.74) is 1.45. The van der Waals surface area contributed by atoms with E-state index < -0.39 is 0 Å². The Labute approximate surface area is 162 Å². The number of rotatable bonds is 5. The fourth-order valence-electron chi connectivity index (χ4n) is 2.87. The van der Waals surface area contributed by atoms with Crippen molar-refractivity contribution >= 4 is 22.5 Å². The van der Waals surface area contributed by atoms with Gasteiger partial charge in [-0.1, -0.05) is 12.1 Å². The largest absolute Gasteiger partial charge is 0.491 e. The van der Waals surface area contributed by atoms with Crippen LogP contribution in [0.25, 0.3) is 22.1 Å². The van der Waals surface area contributed by atoms with E-state index in [2.05, 4.69) is 15.3 Å². The molecule has 0 unspecified atom stereocenters. The number of hydrogen-bond donors (Lipinski definition) is 1. The molecular weight excluding hydrogens is 354 g/mol. The fourth-order valence-corrected chi connectivity index (χ4v) is 2.87. The molecule has 2 aromatic carbocycles. The van der Waals surface area contributed by atoms with Crippen molar-refractivity contribution < 1.29 is 13.9 Å². The number of aromatic nitrogens is 2. The Hall–Kier alpha value is -3.67. The molecule has 1 amide bonds. The minimum atomic E-state index is -0.227. The molecule has 0 fully saturated rings. The fraction of sp³-hybridized carbons (Fsp3) is 0.136. The molecule has 6 nitrogen and oxygen atoms in total. The molecule has 4 rings (SSSR count). The number of oxazole rings is 1. The third-order valence-corrected chi connectivity index (χ3v) is 4.17. The van der Waals surface area contributed by atoms with Gasteiger partial charge in [0.1, 0.15) is 11.6 Å². The summed E-state index contributed by atoms with van der Waals surface area (Å²) in [7, 11) is 0. The Morgan fingerprint density at radius 2 is 1.86 bits per heavy atom. The van der Waals surface area contributed by atoms with Gasteiger partial charge in [0.2, 0.25) is 0 Å². The van der Waals surface area contributed by atoms with Crippen LogP contribution in [0.5, 0.6) is 5.75 Å². The summed E-state index contributed by atoms with van der Waals surface area (Å²) < 4.78 is 10.9. The van der Waals surface area contributed by atoms with Crippen LogP contribution < -0.4 is 10.1 Å². The van der Waals surface area contributed by atoms with Crippen molar-refractivity contribution in [3.63, 3.8) is 0 Å². The lowest BCUT2D eigenvalue weighted by Crippen LogP contribution is -2.13. The first-order chi connectivity index (χ1) is 13.6. The van der Waals surface area contributed by atoms with Gasteiger partial charge >= 0.3 is 0 Å². The van der Waals surface area contributed by atoms with Gasteiger partial charge in [0.25, 0.3) is 5.91 Å². The van der Waals surface area contributed by atoms with E-state index in [-0.39, 0.29) is 12.0 Å². The molecule has 4 aromatic rings. The Kier molecular flexibility index (Phi) is 4.76. The normalized spacial score (nSPS) is 11.0. The van der Waals surface area contributed by atoms with Crippen molar-refractivity contribution in [2.75, 3.05) is 5.32 Å². The predicted molar refractivity (Wildman–Crippen MR) is 107 cm³/mol. The molecule has 1 N–H and O–H groups in total. The molecule has 0 saturated heterocycles. The first kappa shape index (κ1) is 17.7. The van der Waals surface area contributed by atoms with Crippen molar-refractivity contribution in [3.05, 3.63) is 72.9 Å². The van der Waals surface area contributed by atoms with E-state index in [4.69, 9.17) is 9.15 Å². The third-order valence-electron chi connectivity index (χ3n) is 4.17. The maximum Gasteiger partial charge on any atom is 0.256 e. The molecule has 0 atom stereocenters. The van der Waals surface area contributed by atoms with Gasteiger partial charge in [0.15, 0.2) is 12.2 Å². The molecular formula is C22H19N3O3. The summed E-state index contributed by atoms with van der Waals surface area (Å²) >= 11 is 0. The molecule has 0 aliphatic heterocycles. The van der Waals surface area contributed by atoms with Crippen LogP contribution in [-0.2, 0) is 0 Å². The minimum Gasteiger partial charge on any atom is -0.491 e. The lowest BCUT2D eigenvalue weighted by atomic mass is 10.1. The monoisotopic (exact) mass is 373 g/mol. The van der Waals surface area contributed by atoms with E-state index in [1.54, 1.807) is 36.7 Å². The molecule has 28 heavy (non-hydrogen) atoms. The number of anilines is 1. The number of benzene rings is 2. The number of carbonyl (C=O) groups excluding carboxylic acids is 1. The van der Waals surface area contributed by atoms with Gasteiger partial charge in [-0.2, -0.15) is 0 Å². The van der Waals surface area contributed by atoms with Crippen molar-refractivity contribution in [2.45, 2.75) is 20.0 Å². The predicted octanol–water partition coefficient (Wildman–Crippen LogP) is 4.93. The molecule has 2 aromatic heterocycles. The SMILES string of the molecule is CC(C)Oc1ccc(C(=O)Nc2cc3cc(-c4cnco4)ccc3cn2)cc1. The lowest BCUT2D eigenvalue weighted by Gasteiger charge is -2.10. The maximum absolute atomic E-state index is 12.5. The van der Waals surface area contributed by atoms with Crippen molar-refractivity contribution in [3.8, 4) is 17.1 Å². The number of amides is 1. The van der Waals surface area contributed by atoms with E-state index in [9.17, 15) is 4.79 Å². The van der Waals surface area contributed by atoms with Crippen LogP contribution in [0.2, 0.25) is 0 Å². The topological polar surface area (TPSA) is 77.2 Å². The first-order valence-electron chi connectivity index (χ1n) is 8.95. The van der Waals surface area contributed by atoms with Crippen molar-refractivity contribution in [2.24, 2.45) is 0 Å². The number of hydrogen-bond acceptors (Lipinski definition) is 5. The number of nitrogens with one attached hydrogen (secondary N) is 1. The Morgan fingerprint density at radius 1 is 1.04 bits per heavy atom. The average Bonchev–Trinajstić information content (AvgIpc) is 3.22. The van der Waals surface area contributed by atoms with Crippen LogP contribution in [-0.4, -0.2) is 22.0 Å². The Balaban J connectivity index is 1.54. The average molecular weight is 373 g/mol. The number of nitrogens with zero attached hydrogens (tertiary/aromatic N) is 2. The second-order valence-corrected chi connectivity index (χ2v) is 6.64. The summed E-state index contributed by atoms with van der Waals surface area (Å²) in [6.45, 7) is 3.92. The summed E-state index contributed by atoms with van der Waals surface area (Å²) in [6.07, 6.45) is 4.88. The molecule has 0 aliphatic rings. The second kappa shape index (κ2) is 7.52. The van der Waals surface area contributed by atoms with Crippen LogP contribution in [0.3, 0.4) is 0 Å². The van der Waals surface area contributed by atoms with Gasteiger partial charge in [0.05, 0.1) is 12.3 Å². The second-order valence-electron chi connectivity index (χ2n) is 6.64. The molecule has 0 spiro atoms. The molecule has 0 radical (unpaired) electrons. The highest BCUT2D eigenvalue weighted by molar-refractivity contribution is 6.04. The zero-order valence-electron chi connectivity index (χ0n) is 15.5. The maximum atomic E-state index is 12.5. The van der Waals surface area contributed by atoms with Gasteiger partial charge in [-0.15, -0.1) is 0 Å². The van der Waals surface area contributed by atoms with Gasteiger partial charge in [-0.25, -0.2) is 9.97 Å². The Morgan fingerprint density at radius 3 is 2.57 bits per heavy atom. The van der Waals surface area contributed by atoms with Gasteiger partial charge in [0, 0.05) is 22.7 Å². The highest BCUT2D eigenvalue weighted by atomic mass is 16.5. The standard InChI is InChI=1S/C22H19N3O3/c1-14(2)28-19-7-5-15(6-8-19)22(26)25-21-10-18-9-16(20-12-23-13-27-20)3-4-17(18)11-24-21/h3-14H,1-2H3,(H,24,25,26). The first-order valence-corrected chi connectivity index (χ1v) is 8.95. The van der Waals surface area contributed by atoms with Crippen LogP contribution in [0.1, 0.15) is 24.2 Å². The van der Waals surface area contributed by atoms with Crippen LogP contribution in [0, 0.1) is 0 Å². The third kappa shape index (κ3) is 3.86. The summed E-state index contributed by atoms with van der Waals surface area (Å²) in [5.74, 6) is 1.67. The van der Waals surface area contributed by atoms with E-state index in [1.807, 2.05) is 38.1 Å². The number of carbonyl (C=O) groups is 1. The quantitative estimate of drug-likeness (QED) is 0.537. The zero-order valence-corrected chi connectivity index (χ0v) is 15.5. The van der Waals surface area contributed by atoms with Crippen LogP contribution in [0.15, 0.2) is 71.7 Å². The lowest BCUT2D eigenvalue weighted by molar-refractivity contribution is 0.102. The molecule has 140 valence electrons. The van der Waals surface area contributed by atoms with Crippen molar-refractivity contribution in [1.82, 2.24) is 9.97 Å². The van der Waals surface area contributed by atoms with E-state index >= 15 is 0 Å². The zero-order chi connectivity index (χ0) is 19.5. The minimum absolute atomic E-state index is 0.0864. The summed E-state index contributed by atoms with van der Waals surface area (Å²) in [5, 5.41) is 4.75. The number of ether oxygens (including phenoxy) is 1. The van der Waals surface area contributed by atoms with E-state index in [0.29, 0.717) is 17.1 Å². The highest BCUT2D eigenvalue weighted by Gasteiger charge is 2.09. The molecule has 0 aliphatic carbocycles. The molecule has 0 saturated carbocycles. The van der Waals surface area contributed by atoms with Gasteiger partial charge in [-0.3, -0.25) is 4.79 Å². The number of fused-ring (bicyclic) bond motifs is 1. The van der Waals surface area contributed by atoms with Gasteiger partial charge < -0.3 is 14.5 Å². The van der Waals surface area contributed by atoms with Gasteiger partial charge in [-0.05, 0) is 55.6 Å². The molecule has 2 heterocycles. The van der Waals surface area contributed by atoms with E-state index in [1.165, 1.54) is 6.39 Å². The molecule has 0 bridgehead atoms. The molecule has 6 heteroatoms. The van der Waals surface area contributed by atoms with Crippen LogP contribution >= 0.6 is 0 Å². The summed E-state index contributed by atoms with van der Waals surface area (Å²) in [4.78, 5) is 20.8. The van der Waals surface area contributed by atoms with Crippen molar-refractivity contribution in [1.29, 1.82) is 0 Å².